The van der Waals surface area contributed by atoms with Gasteiger partial charge in [-0.3, -0.25) is 0 Å². The van der Waals surface area contributed by atoms with E-state index in [9.17, 15) is 4.79 Å². The molecule has 0 aromatic heterocycles. The molecule has 1 fully saturated rings. The quantitative estimate of drug-likeness (QED) is 0.277. The summed E-state index contributed by atoms with van der Waals surface area (Å²) in [5.41, 5.74) is 6.02. The van der Waals surface area contributed by atoms with Crippen LogP contribution >= 0.6 is 0 Å². The van der Waals surface area contributed by atoms with E-state index in [-0.39, 0.29) is 5.97 Å². The Kier molecular flexibility index (Phi) is 5.39. The number of aryl methyl sites for hydroxylation is 1. The standard InChI is InChI=1S/C33H30N2O3/c1-21-18-30-28(20-29(21)35-23-12-6-3-7-13-23)33(26-15-9-8-14-25(26)32(36)38-33)27-17-16-24(19-31(27)37-30)34-22-10-4-2-5-11-22/h3,6-9,12-20,22,34-35H,2,4-5,10-11H2,1H3. The van der Waals surface area contributed by atoms with Crippen molar-refractivity contribution in [2.75, 3.05) is 10.6 Å². The normalized spacial score (nSPS) is 19.7. The summed E-state index contributed by atoms with van der Waals surface area (Å²) in [6.07, 6.45) is 6.22. The van der Waals surface area contributed by atoms with Crippen molar-refractivity contribution in [2.45, 2.75) is 50.7 Å². The lowest BCUT2D eigenvalue weighted by Crippen LogP contribution is -2.33. The number of rotatable bonds is 4. The molecule has 190 valence electrons. The van der Waals surface area contributed by atoms with Gasteiger partial charge in [0, 0.05) is 45.9 Å². The van der Waals surface area contributed by atoms with Crippen LogP contribution in [0.15, 0.2) is 84.9 Å². The summed E-state index contributed by atoms with van der Waals surface area (Å²) in [5.74, 6) is 1.10. The van der Waals surface area contributed by atoms with Crippen LogP contribution in [0.1, 0.15) is 64.7 Å². The second kappa shape index (κ2) is 8.95. The van der Waals surface area contributed by atoms with Gasteiger partial charge in [0.05, 0.1) is 5.56 Å². The van der Waals surface area contributed by atoms with E-state index < -0.39 is 5.60 Å². The lowest BCUT2D eigenvalue weighted by atomic mass is 9.77. The highest BCUT2D eigenvalue weighted by Crippen LogP contribution is 2.57. The number of carbonyl (C=O) groups is 1. The van der Waals surface area contributed by atoms with Crippen LogP contribution in [0.3, 0.4) is 0 Å². The van der Waals surface area contributed by atoms with Crippen molar-refractivity contribution in [1.29, 1.82) is 0 Å². The number of fused-ring (bicyclic) bond motifs is 6. The van der Waals surface area contributed by atoms with Crippen LogP contribution in [0.25, 0.3) is 0 Å². The first-order valence-electron chi connectivity index (χ1n) is 13.5. The first kappa shape index (κ1) is 22.9. The molecule has 0 amide bonds. The molecule has 1 saturated carbocycles. The smallest absolute Gasteiger partial charge is 0.340 e. The Morgan fingerprint density at radius 1 is 0.763 bits per heavy atom. The lowest BCUT2D eigenvalue weighted by Gasteiger charge is -2.37. The topological polar surface area (TPSA) is 59.6 Å². The molecule has 0 bridgehead atoms. The van der Waals surface area contributed by atoms with Gasteiger partial charge in [0.15, 0.2) is 5.60 Å². The maximum Gasteiger partial charge on any atom is 0.340 e. The molecule has 1 aliphatic carbocycles. The van der Waals surface area contributed by atoms with Gasteiger partial charge in [-0.15, -0.1) is 0 Å². The Morgan fingerprint density at radius 3 is 2.37 bits per heavy atom. The molecule has 1 unspecified atom stereocenters. The van der Waals surface area contributed by atoms with Crippen LogP contribution in [0.5, 0.6) is 11.5 Å². The minimum Gasteiger partial charge on any atom is -0.456 e. The van der Waals surface area contributed by atoms with E-state index in [1.54, 1.807) is 0 Å². The van der Waals surface area contributed by atoms with Gasteiger partial charge in [0.25, 0.3) is 0 Å². The second-order valence-electron chi connectivity index (χ2n) is 10.6. The molecule has 1 spiro atoms. The van der Waals surface area contributed by atoms with E-state index in [0.29, 0.717) is 23.1 Å². The molecule has 7 rings (SSSR count). The maximum absolute atomic E-state index is 13.2. The fraction of sp³-hybridized carbons (Fsp3) is 0.242. The zero-order valence-electron chi connectivity index (χ0n) is 21.4. The number of ether oxygens (including phenoxy) is 2. The number of anilines is 3. The van der Waals surface area contributed by atoms with Gasteiger partial charge in [-0.2, -0.15) is 0 Å². The van der Waals surface area contributed by atoms with Crippen molar-refractivity contribution in [3.05, 3.63) is 113 Å². The highest BCUT2D eigenvalue weighted by atomic mass is 16.6. The summed E-state index contributed by atoms with van der Waals surface area (Å²) in [5, 5.41) is 7.25. The van der Waals surface area contributed by atoms with Crippen molar-refractivity contribution in [3.8, 4) is 11.5 Å². The summed E-state index contributed by atoms with van der Waals surface area (Å²) in [4.78, 5) is 13.2. The number of carbonyl (C=O) groups excluding carboxylic acids is 1. The van der Waals surface area contributed by atoms with Crippen molar-refractivity contribution in [1.82, 2.24) is 0 Å². The van der Waals surface area contributed by atoms with Crippen LogP contribution in [-0.4, -0.2) is 12.0 Å². The third-order valence-corrected chi connectivity index (χ3v) is 8.09. The number of hydrogen-bond acceptors (Lipinski definition) is 5. The zero-order valence-corrected chi connectivity index (χ0v) is 21.4. The molecule has 4 aromatic carbocycles. The Bertz CT molecular complexity index is 1540. The Labute approximate surface area is 222 Å². The fourth-order valence-electron chi connectivity index (χ4n) is 6.20. The fourth-order valence-corrected chi connectivity index (χ4v) is 6.20. The van der Waals surface area contributed by atoms with E-state index in [4.69, 9.17) is 9.47 Å². The largest absolute Gasteiger partial charge is 0.456 e. The van der Waals surface area contributed by atoms with Crippen LogP contribution < -0.4 is 15.4 Å². The Morgan fingerprint density at radius 2 is 1.53 bits per heavy atom. The lowest BCUT2D eigenvalue weighted by molar-refractivity contribution is 0.0224. The van der Waals surface area contributed by atoms with E-state index >= 15 is 0 Å². The highest BCUT2D eigenvalue weighted by molar-refractivity contribution is 5.97. The third kappa shape index (κ3) is 3.65. The summed E-state index contributed by atoms with van der Waals surface area (Å²) in [6, 6.07) is 28.6. The number of para-hydroxylation sites is 1. The van der Waals surface area contributed by atoms with Crippen molar-refractivity contribution in [3.63, 3.8) is 0 Å². The van der Waals surface area contributed by atoms with E-state index in [0.717, 1.165) is 39.3 Å². The molecular formula is C33H30N2O3. The molecule has 0 radical (unpaired) electrons. The van der Waals surface area contributed by atoms with Crippen molar-refractivity contribution < 1.29 is 14.3 Å². The number of benzene rings is 4. The van der Waals surface area contributed by atoms with Gasteiger partial charge in [-0.25, -0.2) is 4.79 Å². The average Bonchev–Trinajstić information content (AvgIpc) is 3.23. The van der Waals surface area contributed by atoms with Gasteiger partial charge < -0.3 is 20.1 Å². The summed E-state index contributed by atoms with van der Waals surface area (Å²) in [7, 11) is 0. The number of esters is 1. The van der Waals surface area contributed by atoms with Gasteiger partial charge in [0.2, 0.25) is 0 Å². The highest BCUT2D eigenvalue weighted by Gasteiger charge is 2.53. The van der Waals surface area contributed by atoms with Gasteiger partial charge >= 0.3 is 5.97 Å². The molecule has 5 nitrogen and oxygen atoms in total. The molecular weight excluding hydrogens is 472 g/mol. The van der Waals surface area contributed by atoms with E-state index in [2.05, 4.69) is 41.8 Å². The van der Waals surface area contributed by atoms with E-state index in [1.165, 1.54) is 32.1 Å². The minimum atomic E-state index is -1.08. The van der Waals surface area contributed by atoms with Gasteiger partial charge in [0.1, 0.15) is 11.5 Å². The molecule has 2 aliphatic heterocycles. The van der Waals surface area contributed by atoms with Gasteiger partial charge in [-0.05, 0) is 67.8 Å². The summed E-state index contributed by atoms with van der Waals surface area (Å²) >= 11 is 0. The van der Waals surface area contributed by atoms with Crippen LogP contribution in [0, 0.1) is 6.92 Å². The van der Waals surface area contributed by atoms with Crippen LogP contribution in [-0.2, 0) is 10.3 Å². The summed E-state index contributed by atoms with van der Waals surface area (Å²) < 4.78 is 13.0. The Hall–Kier alpha value is -4.25. The first-order chi connectivity index (χ1) is 18.6. The molecule has 1 atom stereocenters. The Balaban J connectivity index is 1.38. The minimum absolute atomic E-state index is 0.318. The zero-order chi connectivity index (χ0) is 25.7. The predicted molar refractivity (Wildman–Crippen MR) is 150 cm³/mol. The van der Waals surface area contributed by atoms with Gasteiger partial charge in [-0.1, -0.05) is 55.7 Å². The first-order valence-corrected chi connectivity index (χ1v) is 13.5. The van der Waals surface area contributed by atoms with Crippen molar-refractivity contribution in [2.24, 2.45) is 0 Å². The second-order valence-corrected chi connectivity index (χ2v) is 10.6. The molecule has 5 heteroatoms. The predicted octanol–water partition coefficient (Wildman–Crippen LogP) is 8.05. The molecule has 2 N–H and O–H groups in total. The monoisotopic (exact) mass is 502 g/mol. The van der Waals surface area contributed by atoms with Crippen molar-refractivity contribution >= 4 is 23.0 Å². The molecule has 3 aliphatic rings. The number of hydrogen-bond donors (Lipinski definition) is 2. The third-order valence-electron chi connectivity index (χ3n) is 8.09. The average molecular weight is 503 g/mol. The van der Waals surface area contributed by atoms with Crippen LogP contribution in [0.2, 0.25) is 0 Å². The molecule has 4 aromatic rings. The SMILES string of the molecule is Cc1cc2c(cc1Nc1ccccc1)C1(OC(=O)c3ccccc31)c1ccc(NC3CCCCC3)cc1O2. The summed E-state index contributed by atoms with van der Waals surface area (Å²) in [6.45, 7) is 2.06. The molecule has 0 saturated heterocycles. The van der Waals surface area contributed by atoms with Crippen LogP contribution in [0.4, 0.5) is 17.1 Å². The maximum atomic E-state index is 13.2. The number of nitrogens with one attached hydrogen (secondary N) is 2. The molecule has 38 heavy (non-hydrogen) atoms. The van der Waals surface area contributed by atoms with E-state index in [1.807, 2.05) is 60.7 Å². The molecule has 2 heterocycles.